The second kappa shape index (κ2) is 11.8. The molecule has 3 atom stereocenters. The van der Waals surface area contributed by atoms with Crippen molar-refractivity contribution < 1.29 is 42.2 Å². The predicted molar refractivity (Wildman–Crippen MR) is 154 cm³/mol. The number of sulfonamides is 1. The fourth-order valence-electron chi connectivity index (χ4n) is 4.90. The first-order valence-electron chi connectivity index (χ1n) is 12.7. The fraction of sp³-hybridized carbons (Fsp3) is 0.269. The van der Waals surface area contributed by atoms with E-state index in [1.165, 1.54) is 30.3 Å². The summed E-state index contributed by atoms with van der Waals surface area (Å²) in [4.78, 5) is 66.1. The van der Waals surface area contributed by atoms with Crippen LogP contribution in [-0.4, -0.2) is 72.1 Å². The van der Waals surface area contributed by atoms with Crippen LogP contribution in [0.15, 0.2) is 57.2 Å². The Morgan fingerprint density at radius 3 is 2.44 bits per heavy atom. The molecule has 226 valence electrons. The number of carbonyl (C=O) groups excluding carboxylic acids is 3. The Kier molecular flexibility index (Phi) is 8.33. The Morgan fingerprint density at radius 2 is 1.79 bits per heavy atom. The quantitative estimate of drug-likeness (QED) is 0.229. The van der Waals surface area contributed by atoms with Crippen LogP contribution in [0.3, 0.4) is 0 Å². The number of thiazole rings is 1. The van der Waals surface area contributed by atoms with Crippen LogP contribution in [0.4, 0.5) is 5.69 Å². The molecule has 2 aliphatic heterocycles. The van der Waals surface area contributed by atoms with Crippen LogP contribution in [0.1, 0.15) is 23.3 Å². The topological polar surface area (TPSA) is 215 Å². The second-order valence-electron chi connectivity index (χ2n) is 9.45. The number of amides is 3. The molecule has 1 fully saturated rings. The van der Waals surface area contributed by atoms with E-state index in [0.29, 0.717) is 21.2 Å². The molecular weight excluding hydrogens is 625 g/mol. The highest BCUT2D eigenvalue weighted by molar-refractivity contribution is 8.00. The highest BCUT2D eigenvalue weighted by Crippen LogP contribution is 2.53. The highest BCUT2D eigenvalue weighted by Gasteiger charge is 2.56. The van der Waals surface area contributed by atoms with E-state index < -0.39 is 64.0 Å². The van der Waals surface area contributed by atoms with E-state index in [9.17, 15) is 37.5 Å². The normalized spacial score (nSPS) is 19.5. The van der Waals surface area contributed by atoms with Gasteiger partial charge in [0.05, 0.1) is 22.4 Å². The summed E-state index contributed by atoms with van der Waals surface area (Å²) >= 11 is 1.94. The maximum absolute atomic E-state index is 13.4. The Hall–Kier alpha value is -4.19. The third-order valence-electron chi connectivity index (χ3n) is 6.66. The number of primary sulfonamides is 1. The molecule has 0 bridgehead atoms. The molecule has 5 N–H and O–H groups in total. The van der Waals surface area contributed by atoms with Gasteiger partial charge in [0.2, 0.25) is 21.8 Å². The number of carbonyl (C=O) groups is 4. The van der Waals surface area contributed by atoms with Crippen LogP contribution in [0.25, 0.3) is 0 Å². The number of hydrogen-bond donors (Lipinski definition) is 4. The minimum absolute atomic E-state index is 0.108. The van der Waals surface area contributed by atoms with Gasteiger partial charge in [-0.1, -0.05) is 29.2 Å². The first-order valence-corrected chi connectivity index (χ1v) is 15.9. The molecular formula is C26H24N4O10S3. The number of nitrogens with zero attached hydrogens (tertiary/aromatic N) is 1. The van der Waals surface area contributed by atoms with Crippen molar-refractivity contribution in [1.82, 2.24) is 9.88 Å². The third kappa shape index (κ3) is 6.15. The molecule has 2 aromatic carbocycles. The van der Waals surface area contributed by atoms with E-state index in [4.69, 9.17) is 14.6 Å². The second-order valence-corrected chi connectivity index (χ2v) is 13.2. The number of fused-ring (bicyclic) bond motifs is 2. The standard InChI is InChI=1S/C26H24N4O10S3/c1-2-39-16-9-12(3-8-15(16)40-11-17(31)28-13-4-6-14(7-5-13)43(27,37)38)19-20-22(41-23-21(19)42-26(36)29-23)25(35)30(24(20)34)10-18(32)33/h3-9,19-20,22H,2,10-11H2,1H3,(H,28,31)(H,29,36)(H,32,33)(H2,27,37,38)/t19-,20?,22?/m0/s1. The van der Waals surface area contributed by atoms with Gasteiger partial charge in [-0.05, 0) is 48.9 Å². The maximum Gasteiger partial charge on any atom is 0.323 e. The van der Waals surface area contributed by atoms with Crippen molar-refractivity contribution in [2.24, 2.45) is 11.1 Å². The van der Waals surface area contributed by atoms with Gasteiger partial charge in [-0.2, -0.15) is 0 Å². The Bertz CT molecular complexity index is 1780. The summed E-state index contributed by atoms with van der Waals surface area (Å²) in [5.41, 5.74) is 0.848. The lowest BCUT2D eigenvalue weighted by Crippen LogP contribution is -2.36. The summed E-state index contributed by atoms with van der Waals surface area (Å²) in [6.07, 6.45) is 0. The van der Waals surface area contributed by atoms with Gasteiger partial charge < -0.3 is 24.9 Å². The number of likely N-dealkylation sites (tertiary alicyclic amines) is 1. The molecule has 0 radical (unpaired) electrons. The summed E-state index contributed by atoms with van der Waals surface area (Å²) in [6.45, 7) is 0.765. The molecule has 5 rings (SSSR count). The molecule has 3 aromatic rings. The monoisotopic (exact) mass is 648 g/mol. The van der Waals surface area contributed by atoms with Crippen molar-refractivity contribution in [3.8, 4) is 11.5 Å². The van der Waals surface area contributed by atoms with Gasteiger partial charge in [0, 0.05) is 16.5 Å². The molecule has 1 saturated heterocycles. The number of H-pyrrole nitrogens is 1. The summed E-state index contributed by atoms with van der Waals surface area (Å²) < 4.78 is 34.3. The smallest absolute Gasteiger partial charge is 0.323 e. The molecule has 1 aromatic heterocycles. The van der Waals surface area contributed by atoms with Gasteiger partial charge in [0.25, 0.3) is 5.91 Å². The molecule has 43 heavy (non-hydrogen) atoms. The van der Waals surface area contributed by atoms with Crippen molar-refractivity contribution in [2.75, 3.05) is 25.1 Å². The molecule has 3 heterocycles. The number of aromatic amines is 1. The number of rotatable bonds is 10. The zero-order chi connectivity index (χ0) is 31.1. The van der Waals surface area contributed by atoms with E-state index in [0.717, 1.165) is 28.0 Å². The number of benzene rings is 2. The number of aromatic nitrogens is 1. The number of ether oxygens (including phenoxy) is 2. The van der Waals surface area contributed by atoms with Gasteiger partial charge in [0.1, 0.15) is 11.8 Å². The van der Waals surface area contributed by atoms with E-state index in [2.05, 4.69) is 10.3 Å². The van der Waals surface area contributed by atoms with Gasteiger partial charge in [-0.25, -0.2) is 13.6 Å². The van der Waals surface area contributed by atoms with Crippen LogP contribution >= 0.6 is 23.1 Å². The van der Waals surface area contributed by atoms with Crippen molar-refractivity contribution in [2.45, 2.75) is 28.0 Å². The zero-order valence-electron chi connectivity index (χ0n) is 22.3. The Balaban J connectivity index is 1.39. The third-order valence-corrected chi connectivity index (χ3v) is 9.99. The molecule has 2 unspecified atom stereocenters. The lowest BCUT2D eigenvalue weighted by atomic mass is 9.83. The van der Waals surface area contributed by atoms with E-state index >= 15 is 0 Å². The molecule has 17 heteroatoms. The highest BCUT2D eigenvalue weighted by atomic mass is 32.2. The Labute approximate surface area is 252 Å². The first kappa shape index (κ1) is 30.3. The number of carboxylic acids is 1. The van der Waals surface area contributed by atoms with Crippen molar-refractivity contribution >= 4 is 62.5 Å². The van der Waals surface area contributed by atoms with Gasteiger partial charge in [0.15, 0.2) is 18.1 Å². The summed E-state index contributed by atoms with van der Waals surface area (Å²) in [5.74, 6) is -4.42. The largest absolute Gasteiger partial charge is 0.490 e. The molecule has 3 amide bonds. The number of imide groups is 1. The van der Waals surface area contributed by atoms with Crippen LogP contribution < -0.4 is 24.8 Å². The van der Waals surface area contributed by atoms with Crippen LogP contribution in [0.5, 0.6) is 11.5 Å². The van der Waals surface area contributed by atoms with E-state index in [1.54, 1.807) is 19.1 Å². The SMILES string of the molecule is CCOc1cc([C@@H]2c3sc(=O)[nH]c3SC3C(=O)N(CC(=O)O)C(=O)C32)ccc1OCC(=O)Nc1ccc(S(N)(=O)=O)cc1. The van der Waals surface area contributed by atoms with Crippen LogP contribution in [0.2, 0.25) is 0 Å². The van der Waals surface area contributed by atoms with E-state index in [-0.39, 0.29) is 27.9 Å². The van der Waals surface area contributed by atoms with Crippen LogP contribution in [0, 0.1) is 5.92 Å². The van der Waals surface area contributed by atoms with Gasteiger partial charge in [-0.3, -0.25) is 28.9 Å². The Morgan fingerprint density at radius 1 is 1.07 bits per heavy atom. The molecule has 0 aliphatic carbocycles. The zero-order valence-corrected chi connectivity index (χ0v) is 24.7. The lowest BCUT2D eigenvalue weighted by molar-refractivity contribution is -0.149. The number of nitrogens with two attached hydrogens (primary N) is 1. The van der Waals surface area contributed by atoms with Gasteiger partial charge >= 0.3 is 10.8 Å². The van der Waals surface area contributed by atoms with Crippen LogP contribution in [-0.2, 0) is 29.2 Å². The number of aliphatic carboxylic acids is 1. The molecule has 0 spiro atoms. The minimum Gasteiger partial charge on any atom is -0.490 e. The van der Waals surface area contributed by atoms with Crippen molar-refractivity contribution in [1.29, 1.82) is 0 Å². The number of anilines is 1. The summed E-state index contributed by atoms with van der Waals surface area (Å²) in [7, 11) is -3.88. The van der Waals surface area contributed by atoms with E-state index in [1.807, 2.05) is 0 Å². The number of hydrogen-bond acceptors (Lipinski definition) is 11. The maximum atomic E-state index is 13.4. The van der Waals surface area contributed by atoms with Crippen molar-refractivity contribution in [3.05, 3.63) is 62.6 Å². The predicted octanol–water partition coefficient (Wildman–Crippen LogP) is 1.18. The van der Waals surface area contributed by atoms with Crippen molar-refractivity contribution in [3.63, 3.8) is 0 Å². The average molecular weight is 649 g/mol. The fourth-order valence-corrected chi connectivity index (χ4v) is 7.95. The number of carboxylic acid groups (broad SMARTS) is 1. The minimum atomic E-state index is -3.88. The summed E-state index contributed by atoms with van der Waals surface area (Å²) in [5, 5.41) is 16.4. The summed E-state index contributed by atoms with van der Waals surface area (Å²) in [6, 6.07) is 10.0. The average Bonchev–Trinajstić information content (AvgIpc) is 3.42. The molecule has 14 nitrogen and oxygen atoms in total. The lowest BCUT2D eigenvalue weighted by Gasteiger charge is -2.30. The first-order chi connectivity index (χ1) is 20.4. The molecule has 2 aliphatic rings. The number of thioether (sulfide) groups is 1. The number of nitrogens with one attached hydrogen (secondary N) is 2. The molecule has 0 saturated carbocycles. The van der Waals surface area contributed by atoms with Gasteiger partial charge in [-0.15, -0.1) is 0 Å².